The lowest BCUT2D eigenvalue weighted by Crippen LogP contribution is -2.25. The van der Waals surface area contributed by atoms with Gasteiger partial charge in [0.1, 0.15) is 42.1 Å². The zero-order chi connectivity index (χ0) is 68.5. The van der Waals surface area contributed by atoms with Gasteiger partial charge in [-0.05, 0) is 94.3 Å². The predicted molar refractivity (Wildman–Crippen MR) is 418 cm³/mol. The number of hydrogen-bond acceptors (Lipinski definition) is 9. The summed E-state index contributed by atoms with van der Waals surface area (Å²) in [5, 5.41) is 0. The average molecular weight is 1340 g/mol. The maximum atomic E-state index is 11.6. The van der Waals surface area contributed by atoms with E-state index in [0.29, 0.717) is 93.0 Å². The Morgan fingerprint density at radius 1 is 0.330 bits per heavy atom. The number of ketones is 7. The lowest BCUT2D eigenvalue weighted by molar-refractivity contribution is -0.130. The molecule has 0 aromatic heterocycles. The summed E-state index contributed by atoms with van der Waals surface area (Å²) in [4.78, 5) is 79.9. The van der Waals surface area contributed by atoms with Crippen LogP contribution in [-0.2, 0) is 49.5 Å². The van der Waals surface area contributed by atoms with Gasteiger partial charge in [-0.3, -0.25) is 33.6 Å². The predicted octanol–water partition coefficient (Wildman–Crippen LogP) is 26.0. The highest BCUT2D eigenvalue weighted by Gasteiger charge is 2.26. The third-order valence-corrected chi connectivity index (χ3v) is 13.6. The van der Waals surface area contributed by atoms with Crippen LogP contribution in [0.4, 0.5) is 0 Å². The number of carbonyl (C=O) groups excluding carboxylic acids is 7. The monoisotopic (exact) mass is 1340 g/mol. The SMILES string of the molecule is C.C.C.C.C.C.C.CC(C)(C)CC(=O)CC(C)(C)C.CC(C)(C)CC(=O)CC1CCC1.CC(C)(C)CC(=O)CC1CCCC1.CC(C)(C)CC(=O)COC(C)(C)C.CC(C)(C)CC(=O)COC1CCCC1.CC(C)(C)CC(=O)Cc1ccccc1.CCC(=O)CC(C)(C)C. The molecule has 3 aliphatic rings. The van der Waals surface area contributed by atoms with Crippen LogP contribution in [0.5, 0.6) is 0 Å². The molecule has 0 saturated heterocycles. The van der Waals surface area contributed by atoms with Crippen LogP contribution < -0.4 is 0 Å². The molecule has 9 nitrogen and oxygen atoms in total. The van der Waals surface area contributed by atoms with Gasteiger partial charge in [-0.15, -0.1) is 0 Å². The molecule has 0 bridgehead atoms. The summed E-state index contributed by atoms with van der Waals surface area (Å²) in [6.07, 6.45) is 22.8. The van der Waals surface area contributed by atoms with Gasteiger partial charge >= 0.3 is 0 Å². The van der Waals surface area contributed by atoms with Gasteiger partial charge in [0.05, 0.1) is 11.7 Å². The van der Waals surface area contributed by atoms with Crippen LogP contribution in [-0.4, -0.2) is 65.4 Å². The van der Waals surface area contributed by atoms with Gasteiger partial charge in [0.2, 0.25) is 0 Å². The van der Waals surface area contributed by atoms with Gasteiger partial charge in [-0.25, -0.2) is 0 Å². The number of Topliss-reactive ketones (excluding diaryl/α,β-unsaturated/α-hetero) is 7. The molecule has 564 valence electrons. The molecular weight excluding hydrogens is 1160 g/mol. The number of benzene rings is 1. The Bertz CT molecular complexity index is 2050. The van der Waals surface area contributed by atoms with E-state index in [2.05, 4.69) is 166 Å². The summed E-state index contributed by atoms with van der Waals surface area (Å²) in [5.41, 5.74) is 1.98. The Kier molecular flexibility index (Phi) is 63.1. The molecule has 3 aliphatic carbocycles. The van der Waals surface area contributed by atoms with Crippen LogP contribution in [0.25, 0.3) is 0 Å². The molecule has 9 heteroatoms. The standard InChI is InChI=1S/C13H18O.C12H22O2.C12H22O.C11H22O2.C11H20O.C11H22O.C8H16O.7CH4/c1-13(2,3)10-12(14)9-11-7-5-4-6-8-11;1-12(2,3)8-10(13)9-14-11-6-4-5-7-11;1-12(2,3)9-11(13)8-10-6-4-5-7-10;1-10(2,3)7-9(12)8-13-11(4,5)6;1-11(2,3)8-10(12)7-9-5-4-6-9;1-10(2,3)7-9(12)8-11(4,5)6;1-5-7(9)6-8(2,3)4;;;;;;;/h4-8H,9-10H2,1-3H3;11H,4-9H2,1-3H3;10H,4-9H2,1-3H3;7-8H2,1-6H3;9H,4-8H2,1-3H3;7-8H2,1-6H3;5-6H2,1-4H3;7*1H4. The molecule has 3 saturated carbocycles. The number of carbonyl (C=O) groups is 7. The second-order valence-electron chi connectivity index (χ2n) is 36.7. The lowest BCUT2D eigenvalue weighted by Gasteiger charge is -2.26. The highest BCUT2D eigenvalue weighted by molar-refractivity contribution is 5.82. The molecule has 0 spiro atoms. The minimum Gasteiger partial charge on any atom is -0.370 e. The molecular formula is C85H170O9. The fourth-order valence-electron chi connectivity index (χ4n) is 10.2. The van der Waals surface area contributed by atoms with Gasteiger partial charge in [0, 0.05) is 77.0 Å². The molecule has 0 heterocycles. The molecule has 94 heavy (non-hydrogen) atoms. The van der Waals surface area contributed by atoms with Crippen molar-refractivity contribution in [3.05, 3.63) is 35.9 Å². The first-order valence-electron chi connectivity index (χ1n) is 34.0. The van der Waals surface area contributed by atoms with E-state index in [9.17, 15) is 33.6 Å². The van der Waals surface area contributed by atoms with E-state index in [0.717, 1.165) is 55.9 Å². The zero-order valence-electron chi connectivity index (χ0n) is 62.5. The van der Waals surface area contributed by atoms with E-state index in [-0.39, 0.29) is 119 Å². The molecule has 0 radical (unpaired) electrons. The van der Waals surface area contributed by atoms with Crippen LogP contribution in [0, 0.1) is 55.2 Å². The Labute approximate surface area is 590 Å². The minimum atomic E-state index is -0.215. The quantitative estimate of drug-likeness (QED) is 0.125. The summed E-state index contributed by atoms with van der Waals surface area (Å²) in [7, 11) is 0. The average Bonchev–Trinajstić information content (AvgIpc) is 1.37. The van der Waals surface area contributed by atoms with E-state index < -0.39 is 0 Å². The van der Waals surface area contributed by atoms with Crippen molar-refractivity contribution in [1.29, 1.82) is 0 Å². The lowest BCUT2D eigenvalue weighted by atomic mass is 9.79. The van der Waals surface area contributed by atoms with Crippen molar-refractivity contribution in [1.82, 2.24) is 0 Å². The van der Waals surface area contributed by atoms with E-state index >= 15 is 0 Å². The van der Waals surface area contributed by atoms with Crippen LogP contribution >= 0.6 is 0 Å². The maximum Gasteiger partial charge on any atom is 0.159 e. The molecule has 0 aliphatic heterocycles. The summed E-state index contributed by atoms with van der Waals surface area (Å²) in [6, 6.07) is 9.91. The fraction of sp³-hybridized carbons (Fsp3) is 0.847. The smallest absolute Gasteiger partial charge is 0.159 e. The van der Waals surface area contributed by atoms with E-state index in [1.807, 2.05) is 58.0 Å². The molecule has 3 fully saturated rings. The molecule has 0 amide bonds. The summed E-state index contributed by atoms with van der Waals surface area (Å²) < 4.78 is 10.9. The van der Waals surface area contributed by atoms with Crippen LogP contribution in [0.2, 0.25) is 0 Å². The normalized spacial score (nSPS) is 14.2. The first-order valence-corrected chi connectivity index (χ1v) is 34.0. The maximum absolute atomic E-state index is 11.6. The van der Waals surface area contributed by atoms with Crippen LogP contribution in [0.3, 0.4) is 0 Å². The largest absolute Gasteiger partial charge is 0.370 e. The molecule has 1 aromatic carbocycles. The Balaban J connectivity index is -0.000000108. The van der Waals surface area contributed by atoms with Crippen molar-refractivity contribution < 1.29 is 43.0 Å². The van der Waals surface area contributed by atoms with Crippen molar-refractivity contribution in [3.63, 3.8) is 0 Å². The van der Waals surface area contributed by atoms with Gasteiger partial charge < -0.3 is 9.47 Å². The number of hydrogen-bond donors (Lipinski definition) is 0. The van der Waals surface area contributed by atoms with Gasteiger partial charge in [0.25, 0.3) is 0 Å². The van der Waals surface area contributed by atoms with E-state index in [4.69, 9.17) is 9.47 Å². The summed E-state index contributed by atoms with van der Waals surface area (Å²) in [5.74, 6) is 3.88. The number of ether oxygens (including phenoxy) is 2. The summed E-state index contributed by atoms with van der Waals surface area (Å²) in [6.45, 7) is 58.7. The Morgan fingerprint density at radius 3 is 0.872 bits per heavy atom. The summed E-state index contributed by atoms with van der Waals surface area (Å²) >= 11 is 0. The Morgan fingerprint density at radius 2 is 0.596 bits per heavy atom. The van der Waals surface area contributed by atoms with Crippen molar-refractivity contribution in [2.24, 2.45) is 55.2 Å². The second kappa shape index (κ2) is 52.8. The highest BCUT2D eigenvalue weighted by atomic mass is 16.5. The van der Waals surface area contributed by atoms with Gasteiger partial charge in [0.15, 0.2) is 11.6 Å². The van der Waals surface area contributed by atoms with Crippen molar-refractivity contribution in [2.45, 2.75) is 405 Å². The molecule has 0 N–H and O–H groups in total. The zero-order valence-corrected chi connectivity index (χ0v) is 62.5. The first kappa shape index (κ1) is 112. The fourth-order valence-corrected chi connectivity index (χ4v) is 10.2. The third-order valence-electron chi connectivity index (χ3n) is 13.6. The van der Waals surface area contributed by atoms with Crippen molar-refractivity contribution in [2.75, 3.05) is 13.2 Å². The van der Waals surface area contributed by atoms with E-state index in [1.54, 1.807) is 0 Å². The van der Waals surface area contributed by atoms with E-state index in [1.165, 1.54) is 57.8 Å². The van der Waals surface area contributed by atoms with Crippen molar-refractivity contribution >= 4 is 40.5 Å². The molecule has 1 aromatic rings. The highest BCUT2D eigenvalue weighted by Crippen LogP contribution is 2.33. The minimum absolute atomic E-state index is 0. The first-order chi connectivity index (χ1) is 39.0. The third kappa shape index (κ3) is 84.9. The van der Waals surface area contributed by atoms with Crippen LogP contribution in [0.15, 0.2) is 30.3 Å². The van der Waals surface area contributed by atoms with Gasteiger partial charge in [-0.2, -0.15) is 0 Å². The van der Waals surface area contributed by atoms with Gasteiger partial charge in [-0.1, -0.05) is 313 Å². The van der Waals surface area contributed by atoms with Crippen LogP contribution in [0.1, 0.15) is 393 Å². The number of rotatable bonds is 20. The second-order valence-corrected chi connectivity index (χ2v) is 36.7. The molecule has 0 unspecified atom stereocenters. The molecule has 0 atom stereocenters. The topological polar surface area (TPSA) is 138 Å². The van der Waals surface area contributed by atoms with Crippen molar-refractivity contribution in [3.8, 4) is 0 Å². The molecule has 4 rings (SSSR count). The Hall–Kier alpha value is -3.17.